The number of carbonyl (C=O) groups excluding carboxylic acids is 1. The molecule has 0 aromatic heterocycles. The van der Waals surface area contributed by atoms with Crippen LogP contribution in [0.15, 0.2) is 17.0 Å². The molecule has 0 spiro atoms. The summed E-state index contributed by atoms with van der Waals surface area (Å²) < 4.78 is 30.4. The van der Waals surface area contributed by atoms with Crippen LogP contribution in [0.2, 0.25) is 0 Å². The average molecular weight is 432 g/mol. The van der Waals surface area contributed by atoms with Crippen LogP contribution in [-0.4, -0.2) is 55.4 Å². The molecule has 162 valence electrons. The molecule has 0 N–H and O–H groups in total. The summed E-state index contributed by atoms with van der Waals surface area (Å²) in [7, 11) is -3.64. The van der Waals surface area contributed by atoms with E-state index >= 15 is 0 Å². The van der Waals surface area contributed by atoms with Gasteiger partial charge in [-0.3, -0.25) is 20.2 Å². The Balaban J connectivity index is 3.86. The molecule has 1 aromatic rings. The van der Waals surface area contributed by atoms with E-state index in [0.29, 0.717) is 30.2 Å². The van der Waals surface area contributed by atoms with Gasteiger partial charge in [0.1, 0.15) is 4.90 Å². The number of ether oxygens (including phenoxy) is 1. The number of carbonyl (C=O) groups is 1. The van der Waals surface area contributed by atoms with Gasteiger partial charge >= 0.3 is 17.5 Å². The highest BCUT2D eigenvalue weighted by Gasteiger charge is 2.36. The Bertz CT molecular complexity index is 846. The fourth-order valence-electron chi connectivity index (χ4n) is 2.83. The van der Waals surface area contributed by atoms with Crippen molar-refractivity contribution < 1.29 is 27.8 Å². The summed E-state index contributed by atoms with van der Waals surface area (Å²) in [6, 6.07) is 1.48. The van der Waals surface area contributed by atoms with Crippen LogP contribution in [0.3, 0.4) is 0 Å². The highest BCUT2D eigenvalue weighted by atomic mass is 32.2. The van der Waals surface area contributed by atoms with Gasteiger partial charge in [-0.25, -0.2) is 17.5 Å². The van der Waals surface area contributed by atoms with Gasteiger partial charge in [0.15, 0.2) is 5.69 Å². The molecule has 13 heteroatoms. The number of anilines is 1. The van der Waals surface area contributed by atoms with Crippen LogP contribution < -0.4 is 4.90 Å². The molecule has 12 nitrogen and oxygen atoms in total. The second-order valence-corrected chi connectivity index (χ2v) is 7.81. The Morgan fingerprint density at radius 1 is 1.03 bits per heavy atom. The number of nitro groups is 2. The molecule has 1 aromatic carbocycles. The maximum atomic E-state index is 12.8. The lowest BCUT2D eigenvalue weighted by atomic mass is 10.2. The van der Waals surface area contributed by atoms with Crippen molar-refractivity contribution in [1.82, 2.24) is 4.31 Å². The van der Waals surface area contributed by atoms with Gasteiger partial charge in [-0.1, -0.05) is 13.8 Å². The van der Waals surface area contributed by atoms with Crippen LogP contribution in [0.25, 0.3) is 0 Å². The van der Waals surface area contributed by atoms with E-state index in [9.17, 15) is 33.4 Å². The second kappa shape index (κ2) is 10.0. The SMILES string of the molecule is CCCN(CCC)c1c([N+](=O)[O-])cc(S(=O)(=O)N(CC)C(=O)OC)cc1[N+](=O)[O-]. The lowest BCUT2D eigenvalue weighted by molar-refractivity contribution is -0.393. The van der Waals surface area contributed by atoms with Crippen LogP contribution in [0.5, 0.6) is 0 Å². The molecule has 0 saturated heterocycles. The Kier molecular flexibility index (Phi) is 8.30. The Hall–Kier alpha value is -2.96. The number of hydrogen-bond donors (Lipinski definition) is 0. The maximum Gasteiger partial charge on any atom is 0.423 e. The molecule has 0 heterocycles. The van der Waals surface area contributed by atoms with Gasteiger partial charge in [0.25, 0.3) is 10.0 Å². The van der Waals surface area contributed by atoms with E-state index in [-0.39, 0.29) is 12.2 Å². The van der Waals surface area contributed by atoms with E-state index in [2.05, 4.69) is 4.74 Å². The standard InChI is InChI=1S/C16H24N4O8S/c1-5-8-17(9-6-2)15-13(19(22)23)10-12(11-14(15)20(24)25)29(26,27)18(7-3)16(21)28-4/h10-11H,5-9H2,1-4H3. The predicted octanol–water partition coefficient (Wildman–Crippen LogP) is 2.91. The molecule has 0 bridgehead atoms. The lowest BCUT2D eigenvalue weighted by Crippen LogP contribution is -2.36. The van der Waals surface area contributed by atoms with Gasteiger partial charge in [-0.15, -0.1) is 0 Å². The second-order valence-electron chi connectivity index (χ2n) is 5.95. The number of benzene rings is 1. The minimum atomic E-state index is -4.61. The highest BCUT2D eigenvalue weighted by Crippen LogP contribution is 2.40. The normalized spacial score (nSPS) is 11.0. The summed E-state index contributed by atoms with van der Waals surface area (Å²) in [5.41, 5.74) is -1.70. The van der Waals surface area contributed by atoms with Crippen molar-refractivity contribution in [2.75, 3.05) is 31.6 Å². The first-order valence-electron chi connectivity index (χ1n) is 8.89. The minimum Gasteiger partial charge on any atom is -0.452 e. The molecule has 29 heavy (non-hydrogen) atoms. The zero-order valence-corrected chi connectivity index (χ0v) is 17.5. The van der Waals surface area contributed by atoms with Crippen LogP contribution in [0.1, 0.15) is 33.6 Å². The summed E-state index contributed by atoms with van der Waals surface area (Å²) in [6.07, 6.45) is -0.0684. The molecule has 0 aliphatic rings. The van der Waals surface area contributed by atoms with E-state index < -0.39 is 42.2 Å². The number of nitro benzene ring substituents is 2. The van der Waals surface area contributed by atoms with E-state index in [0.717, 1.165) is 19.2 Å². The topological polar surface area (TPSA) is 153 Å². The molecule has 0 atom stereocenters. The minimum absolute atomic E-state index is 0.260. The van der Waals surface area contributed by atoms with E-state index in [1.54, 1.807) is 0 Å². The molecule has 0 saturated carbocycles. The largest absolute Gasteiger partial charge is 0.452 e. The third-order valence-corrected chi connectivity index (χ3v) is 5.81. The summed E-state index contributed by atoms with van der Waals surface area (Å²) in [4.78, 5) is 34.2. The maximum absolute atomic E-state index is 12.8. The van der Waals surface area contributed by atoms with Crippen molar-refractivity contribution in [2.24, 2.45) is 0 Å². The summed E-state index contributed by atoms with van der Waals surface area (Å²) in [5, 5.41) is 23.3. The molecule has 0 unspecified atom stereocenters. The molecule has 0 radical (unpaired) electrons. The number of methoxy groups -OCH3 is 1. The fraction of sp³-hybridized carbons (Fsp3) is 0.562. The monoisotopic (exact) mass is 432 g/mol. The van der Waals surface area contributed by atoms with Gasteiger partial charge in [0, 0.05) is 31.8 Å². The molecule has 0 fully saturated rings. The summed E-state index contributed by atoms with van der Waals surface area (Å²) >= 11 is 0. The number of hydrogen-bond acceptors (Lipinski definition) is 9. The van der Waals surface area contributed by atoms with Gasteiger partial charge in [0.05, 0.1) is 17.0 Å². The first kappa shape index (κ1) is 24.1. The van der Waals surface area contributed by atoms with Crippen molar-refractivity contribution in [3.8, 4) is 0 Å². The lowest BCUT2D eigenvalue weighted by Gasteiger charge is -2.24. The molecule has 1 rings (SSSR count). The third kappa shape index (κ3) is 5.10. The number of amides is 1. The molecular weight excluding hydrogens is 408 g/mol. The Labute approximate surface area is 168 Å². The van der Waals surface area contributed by atoms with Crippen LogP contribution >= 0.6 is 0 Å². The van der Waals surface area contributed by atoms with Crippen LogP contribution in [-0.2, 0) is 14.8 Å². The smallest absolute Gasteiger partial charge is 0.423 e. The number of sulfonamides is 1. The van der Waals surface area contributed by atoms with E-state index in [1.807, 2.05) is 13.8 Å². The number of rotatable bonds is 10. The van der Waals surface area contributed by atoms with Crippen molar-refractivity contribution in [2.45, 2.75) is 38.5 Å². The van der Waals surface area contributed by atoms with Crippen LogP contribution in [0, 0.1) is 20.2 Å². The Morgan fingerprint density at radius 2 is 1.48 bits per heavy atom. The molecule has 0 aliphatic heterocycles. The van der Waals surface area contributed by atoms with Gasteiger partial charge in [0.2, 0.25) is 0 Å². The zero-order chi connectivity index (χ0) is 22.4. The van der Waals surface area contributed by atoms with Crippen molar-refractivity contribution in [3.05, 3.63) is 32.4 Å². The first-order chi connectivity index (χ1) is 13.6. The third-order valence-electron chi connectivity index (χ3n) is 3.99. The molecular formula is C16H24N4O8S. The molecule has 1 amide bonds. The van der Waals surface area contributed by atoms with Crippen molar-refractivity contribution in [3.63, 3.8) is 0 Å². The van der Waals surface area contributed by atoms with Crippen molar-refractivity contribution in [1.29, 1.82) is 0 Å². The summed E-state index contributed by atoms with van der Waals surface area (Å²) in [6.45, 7) is 5.28. The van der Waals surface area contributed by atoms with Crippen molar-refractivity contribution >= 4 is 33.2 Å². The van der Waals surface area contributed by atoms with E-state index in [1.165, 1.54) is 11.8 Å². The Morgan fingerprint density at radius 3 is 1.79 bits per heavy atom. The summed E-state index contributed by atoms with van der Waals surface area (Å²) in [5.74, 6) is 0. The average Bonchev–Trinajstić information content (AvgIpc) is 2.66. The quantitative estimate of drug-likeness (QED) is 0.401. The highest BCUT2D eigenvalue weighted by molar-refractivity contribution is 7.89. The van der Waals surface area contributed by atoms with Crippen LogP contribution in [0.4, 0.5) is 21.9 Å². The predicted molar refractivity (Wildman–Crippen MR) is 105 cm³/mol. The molecule has 0 aliphatic carbocycles. The zero-order valence-electron chi connectivity index (χ0n) is 16.7. The number of nitrogens with zero attached hydrogens (tertiary/aromatic N) is 4. The van der Waals surface area contributed by atoms with E-state index in [4.69, 9.17) is 0 Å². The van der Waals surface area contributed by atoms with Gasteiger partial charge in [-0.2, -0.15) is 0 Å². The van der Waals surface area contributed by atoms with Gasteiger partial charge in [-0.05, 0) is 19.8 Å². The van der Waals surface area contributed by atoms with Gasteiger partial charge < -0.3 is 9.64 Å². The fourth-order valence-corrected chi connectivity index (χ4v) is 4.22. The first-order valence-corrected chi connectivity index (χ1v) is 10.3.